The Balaban J connectivity index is 1.74. The number of para-hydroxylation sites is 2. The minimum Gasteiger partial charge on any atom is -0.309 e. The summed E-state index contributed by atoms with van der Waals surface area (Å²) in [5, 5.41) is 5.09. The van der Waals surface area contributed by atoms with Gasteiger partial charge in [0.05, 0.1) is 11.4 Å². The highest BCUT2D eigenvalue weighted by Gasteiger charge is 2.28. The summed E-state index contributed by atoms with van der Waals surface area (Å²) >= 11 is 0. The van der Waals surface area contributed by atoms with E-state index in [1.54, 1.807) is 0 Å². The average Bonchev–Trinajstić information content (AvgIpc) is 3.02. The number of anilines is 3. The molecule has 0 N–H and O–H groups in total. The predicted octanol–water partition coefficient (Wildman–Crippen LogP) is 9.11. The topological polar surface area (TPSA) is 3.24 Å². The van der Waals surface area contributed by atoms with Crippen molar-refractivity contribution in [3.63, 3.8) is 0 Å². The van der Waals surface area contributed by atoms with Crippen LogP contribution in [0.5, 0.6) is 0 Å². The second-order valence-corrected chi connectivity index (χ2v) is 8.58. The van der Waals surface area contributed by atoms with Crippen LogP contribution in [0.2, 0.25) is 0 Å². The summed E-state index contributed by atoms with van der Waals surface area (Å²) < 4.78 is 0. The molecule has 0 unspecified atom stereocenters. The highest BCUT2D eigenvalue weighted by Crippen LogP contribution is 2.54. The zero-order chi connectivity index (χ0) is 21.8. The molecule has 6 aromatic carbocycles. The van der Waals surface area contributed by atoms with Gasteiger partial charge in [0.1, 0.15) is 0 Å². The fourth-order valence-electron chi connectivity index (χ4n) is 5.36. The maximum atomic E-state index is 2.42. The Labute approximate surface area is 193 Å². The third kappa shape index (κ3) is 2.66. The summed E-state index contributed by atoms with van der Waals surface area (Å²) in [7, 11) is 0. The Bertz CT molecular complexity index is 1660. The molecule has 0 spiro atoms. The van der Waals surface area contributed by atoms with Crippen LogP contribution in [0, 0.1) is 0 Å². The van der Waals surface area contributed by atoms with Crippen LogP contribution in [0.3, 0.4) is 0 Å². The number of hydrogen-bond acceptors (Lipinski definition) is 1. The van der Waals surface area contributed by atoms with Crippen molar-refractivity contribution < 1.29 is 0 Å². The lowest BCUT2D eigenvalue weighted by Gasteiger charge is -2.27. The number of nitrogens with zero attached hydrogens (tertiary/aromatic N) is 1. The number of benzene rings is 6. The van der Waals surface area contributed by atoms with E-state index in [1.807, 2.05) is 0 Å². The van der Waals surface area contributed by atoms with Crippen molar-refractivity contribution in [2.24, 2.45) is 0 Å². The molecular formula is C32H21N. The van der Waals surface area contributed by atoms with Gasteiger partial charge < -0.3 is 4.90 Å². The Kier molecular flexibility index (Phi) is 3.91. The lowest BCUT2D eigenvalue weighted by Crippen LogP contribution is -2.10. The molecule has 0 fully saturated rings. The molecule has 0 atom stereocenters. The van der Waals surface area contributed by atoms with E-state index in [0.29, 0.717) is 0 Å². The second-order valence-electron chi connectivity index (χ2n) is 8.58. The number of rotatable bonds is 1. The molecule has 0 amide bonds. The first-order chi connectivity index (χ1) is 16.4. The highest BCUT2D eigenvalue weighted by molar-refractivity contribution is 6.18. The first kappa shape index (κ1) is 18.2. The molecule has 1 nitrogen and oxygen atoms in total. The van der Waals surface area contributed by atoms with Crippen LogP contribution in [0.15, 0.2) is 127 Å². The summed E-state index contributed by atoms with van der Waals surface area (Å²) in [4.78, 5) is 2.42. The minimum absolute atomic E-state index is 1.17. The van der Waals surface area contributed by atoms with E-state index in [-0.39, 0.29) is 0 Å². The zero-order valence-corrected chi connectivity index (χ0v) is 18.1. The fraction of sp³-hybridized carbons (Fsp3) is 0. The van der Waals surface area contributed by atoms with Gasteiger partial charge in [-0.25, -0.2) is 0 Å². The molecular weight excluding hydrogens is 398 g/mol. The molecule has 0 aromatic heterocycles. The summed E-state index contributed by atoms with van der Waals surface area (Å²) in [6, 6.07) is 46.1. The molecule has 0 bridgehead atoms. The molecule has 1 aliphatic heterocycles. The molecule has 33 heavy (non-hydrogen) atoms. The van der Waals surface area contributed by atoms with Crippen LogP contribution in [-0.4, -0.2) is 0 Å². The van der Waals surface area contributed by atoms with Crippen LogP contribution in [0.1, 0.15) is 0 Å². The molecule has 1 aliphatic rings. The Hall–Kier alpha value is -4.36. The van der Waals surface area contributed by atoms with Crippen molar-refractivity contribution in [3.05, 3.63) is 127 Å². The van der Waals surface area contributed by atoms with Crippen molar-refractivity contribution in [3.8, 4) is 22.3 Å². The number of fused-ring (bicyclic) bond motifs is 9. The second kappa shape index (κ2) is 7.08. The summed E-state index contributed by atoms with van der Waals surface area (Å²) in [6.07, 6.45) is 0. The summed E-state index contributed by atoms with van der Waals surface area (Å²) in [5.74, 6) is 0. The molecule has 1 heteroatoms. The van der Waals surface area contributed by atoms with Crippen LogP contribution in [-0.2, 0) is 0 Å². The maximum absolute atomic E-state index is 2.42. The minimum atomic E-state index is 1.17. The van der Waals surface area contributed by atoms with Gasteiger partial charge in [0.25, 0.3) is 0 Å². The van der Waals surface area contributed by atoms with Gasteiger partial charge in [-0.15, -0.1) is 0 Å². The molecule has 0 saturated carbocycles. The third-order valence-corrected chi connectivity index (χ3v) is 6.78. The smallest absolute Gasteiger partial charge is 0.0547 e. The summed E-state index contributed by atoms with van der Waals surface area (Å²) in [5.41, 5.74) is 8.71. The lowest BCUT2D eigenvalue weighted by molar-refractivity contribution is 1.30. The van der Waals surface area contributed by atoms with E-state index in [4.69, 9.17) is 0 Å². The van der Waals surface area contributed by atoms with Gasteiger partial charge >= 0.3 is 0 Å². The molecule has 7 rings (SSSR count). The van der Waals surface area contributed by atoms with E-state index in [0.717, 1.165) is 0 Å². The van der Waals surface area contributed by atoms with E-state index in [9.17, 15) is 0 Å². The van der Waals surface area contributed by atoms with Crippen LogP contribution in [0.4, 0.5) is 17.1 Å². The molecule has 154 valence electrons. The number of hydrogen-bond donors (Lipinski definition) is 0. The molecule has 1 heterocycles. The van der Waals surface area contributed by atoms with Gasteiger partial charge in [0, 0.05) is 22.4 Å². The van der Waals surface area contributed by atoms with E-state index in [1.165, 1.54) is 60.9 Å². The Morgan fingerprint density at radius 1 is 0.364 bits per heavy atom. The molecule has 0 saturated heterocycles. The van der Waals surface area contributed by atoms with Crippen LogP contribution in [0.25, 0.3) is 43.8 Å². The highest BCUT2D eigenvalue weighted by atomic mass is 15.1. The average molecular weight is 420 g/mol. The largest absolute Gasteiger partial charge is 0.309 e. The lowest BCUT2D eigenvalue weighted by atomic mass is 9.87. The van der Waals surface area contributed by atoms with Crippen LogP contribution >= 0.6 is 0 Å². The van der Waals surface area contributed by atoms with E-state index < -0.39 is 0 Å². The first-order valence-corrected chi connectivity index (χ1v) is 11.4. The van der Waals surface area contributed by atoms with Gasteiger partial charge in [-0.2, -0.15) is 0 Å². The monoisotopic (exact) mass is 419 g/mol. The molecule has 0 aliphatic carbocycles. The van der Waals surface area contributed by atoms with Gasteiger partial charge in [-0.05, 0) is 51.4 Å². The third-order valence-electron chi connectivity index (χ3n) is 6.78. The van der Waals surface area contributed by atoms with Crippen molar-refractivity contribution >= 4 is 38.6 Å². The van der Waals surface area contributed by atoms with Gasteiger partial charge in [-0.3, -0.25) is 0 Å². The van der Waals surface area contributed by atoms with E-state index >= 15 is 0 Å². The maximum Gasteiger partial charge on any atom is 0.0547 e. The normalized spacial score (nSPS) is 12.2. The van der Waals surface area contributed by atoms with Gasteiger partial charge in [-0.1, -0.05) is 103 Å². The Morgan fingerprint density at radius 3 is 1.76 bits per heavy atom. The summed E-state index contributed by atoms with van der Waals surface area (Å²) in [6.45, 7) is 0. The SMILES string of the molecule is c1ccc(N2c3ccccc3-c3ccc4ccccc4c3-c3c2ccc2ccccc32)cc1. The first-order valence-electron chi connectivity index (χ1n) is 11.4. The van der Waals surface area contributed by atoms with Gasteiger partial charge in [0.15, 0.2) is 0 Å². The van der Waals surface area contributed by atoms with Crippen molar-refractivity contribution in [2.75, 3.05) is 4.90 Å². The van der Waals surface area contributed by atoms with E-state index in [2.05, 4.69) is 132 Å². The fourth-order valence-corrected chi connectivity index (χ4v) is 5.36. The van der Waals surface area contributed by atoms with Crippen LogP contribution < -0.4 is 4.90 Å². The van der Waals surface area contributed by atoms with Crippen molar-refractivity contribution in [1.29, 1.82) is 0 Å². The zero-order valence-electron chi connectivity index (χ0n) is 18.1. The molecule has 0 radical (unpaired) electrons. The standard InChI is InChI=1S/C32H21N/c1-2-12-24(13-3-1)33-29-17-9-8-16-27(29)28-20-18-22-10-4-6-14-25(22)31(28)32-26-15-7-5-11-23(26)19-21-30(32)33/h1-21H. The quantitative estimate of drug-likeness (QED) is 0.256. The van der Waals surface area contributed by atoms with Crippen molar-refractivity contribution in [1.82, 2.24) is 0 Å². The van der Waals surface area contributed by atoms with Gasteiger partial charge in [0.2, 0.25) is 0 Å². The predicted molar refractivity (Wildman–Crippen MR) is 141 cm³/mol. The Morgan fingerprint density at radius 2 is 0.970 bits per heavy atom. The molecule has 6 aromatic rings. The van der Waals surface area contributed by atoms with Crippen molar-refractivity contribution in [2.45, 2.75) is 0 Å².